The Bertz CT molecular complexity index is 590. The topological polar surface area (TPSA) is 24.9 Å². The Kier molecular flexibility index (Phi) is 5.19. The van der Waals surface area contributed by atoms with E-state index in [1.165, 1.54) is 21.2 Å². The molecule has 1 heterocycles. The van der Waals surface area contributed by atoms with Crippen LogP contribution in [0.1, 0.15) is 28.3 Å². The zero-order chi connectivity index (χ0) is 14.7. The van der Waals surface area contributed by atoms with Crippen LogP contribution < -0.4 is 5.32 Å². The summed E-state index contributed by atoms with van der Waals surface area (Å²) in [6.07, 6.45) is 4.33. The number of hydrogen-bond acceptors (Lipinski definition) is 2. The van der Waals surface area contributed by atoms with E-state index in [0.29, 0.717) is 0 Å². The SMILES string of the molecule is CNC(Cc1ccncc1Cl)c1cc(C)c(Br)c(C)c1. The minimum atomic E-state index is 0.236. The fourth-order valence-corrected chi connectivity index (χ4v) is 2.78. The van der Waals surface area contributed by atoms with Crippen LogP contribution in [0.3, 0.4) is 0 Å². The van der Waals surface area contributed by atoms with E-state index in [9.17, 15) is 0 Å². The largest absolute Gasteiger partial charge is 0.313 e. The van der Waals surface area contributed by atoms with E-state index in [1.54, 1.807) is 12.4 Å². The van der Waals surface area contributed by atoms with Crippen LogP contribution in [0.4, 0.5) is 0 Å². The molecule has 0 spiro atoms. The smallest absolute Gasteiger partial charge is 0.0622 e. The van der Waals surface area contributed by atoms with E-state index in [0.717, 1.165) is 17.0 Å². The number of pyridine rings is 1. The maximum absolute atomic E-state index is 6.20. The van der Waals surface area contributed by atoms with Crippen molar-refractivity contribution in [3.05, 3.63) is 62.3 Å². The normalized spacial score (nSPS) is 12.4. The van der Waals surface area contributed by atoms with Crippen LogP contribution in [0.5, 0.6) is 0 Å². The van der Waals surface area contributed by atoms with E-state index in [4.69, 9.17) is 11.6 Å². The lowest BCUT2D eigenvalue weighted by molar-refractivity contribution is 0.591. The maximum atomic E-state index is 6.20. The molecule has 0 aliphatic rings. The molecule has 2 rings (SSSR count). The van der Waals surface area contributed by atoms with Crippen LogP contribution in [0, 0.1) is 13.8 Å². The van der Waals surface area contributed by atoms with E-state index < -0.39 is 0 Å². The van der Waals surface area contributed by atoms with Gasteiger partial charge in [0.25, 0.3) is 0 Å². The molecule has 0 amide bonds. The van der Waals surface area contributed by atoms with Gasteiger partial charge in [-0.3, -0.25) is 4.98 Å². The third kappa shape index (κ3) is 3.40. The van der Waals surface area contributed by atoms with Crippen molar-refractivity contribution < 1.29 is 0 Å². The van der Waals surface area contributed by atoms with Crippen molar-refractivity contribution in [2.24, 2.45) is 0 Å². The first-order chi connectivity index (χ1) is 9.52. The molecule has 20 heavy (non-hydrogen) atoms. The third-order valence-corrected chi connectivity index (χ3v) is 5.08. The van der Waals surface area contributed by atoms with Crippen LogP contribution in [0.25, 0.3) is 0 Å². The Hall–Kier alpha value is -0.900. The summed E-state index contributed by atoms with van der Waals surface area (Å²) in [5.74, 6) is 0. The number of aromatic nitrogens is 1. The Morgan fingerprint density at radius 1 is 1.30 bits per heavy atom. The number of benzene rings is 1. The predicted molar refractivity (Wildman–Crippen MR) is 88.4 cm³/mol. The number of nitrogens with zero attached hydrogens (tertiary/aromatic N) is 1. The summed E-state index contributed by atoms with van der Waals surface area (Å²) < 4.78 is 1.18. The quantitative estimate of drug-likeness (QED) is 0.867. The van der Waals surface area contributed by atoms with Gasteiger partial charge in [-0.1, -0.05) is 39.7 Å². The highest BCUT2D eigenvalue weighted by molar-refractivity contribution is 9.10. The molecule has 1 aromatic heterocycles. The van der Waals surface area contributed by atoms with Gasteiger partial charge >= 0.3 is 0 Å². The molecule has 0 saturated carbocycles. The second kappa shape index (κ2) is 6.70. The molecule has 0 saturated heterocycles. The molecule has 0 bridgehead atoms. The van der Waals surface area contributed by atoms with Crippen LogP contribution in [-0.2, 0) is 6.42 Å². The zero-order valence-electron chi connectivity index (χ0n) is 11.9. The maximum Gasteiger partial charge on any atom is 0.0622 e. The van der Waals surface area contributed by atoms with Gasteiger partial charge in [-0.15, -0.1) is 0 Å². The van der Waals surface area contributed by atoms with E-state index in [1.807, 2.05) is 13.1 Å². The molecule has 2 aromatic rings. The highest BCUT2D eigenvalue weighted by Gasteiger charge is 2.14. The number of halogens is 2. The summed E-state index contributed by atoms with van der Waals surface area (Å²) >= 11 is 9.82. The number of rotatable bonds is 4. The Morgan fingerprint density at radius 2 is 1.95 bits per heavy atom. The first-order valence-electron chi connectivity index (χ1n) is 6.55. The molecule has 1 unspecified atom stereocenters. The highest BCUT2D eigenvalue weighted by atomic mass is 79.9. The first kappa shape index (κ1) is 15.5. The van der Waals surface area contributed by atoms with Gasteiger partial charge in [-0.05, 0) is 55.6 Å². The molecule has 1 atom stereocenters. The van der Waals surface area contributed by atoms with Gasteiger partial charge in [0.2, 0.25) is 0 Å². The molecule has 1 N–H and O–H groups in total. The molecular weight excluding hydrogens is 336 g/mol. The van der Waals surface area contributed by atoms with E-state index >= 15 is 0 Å². The number of likely N-dealkylation sites (N-methyl/N-ethyl adjacent to an activating group) is 1. The zero-order valence-corrected chi connectivity index (χ0v) is 14.2. The van der Waals surface area contributed by atoms with Crippen LogP contribution in [0.2, 0.25) is 5.02 Å². The minimum Gasteiger partial charge on any atom is -0.313 e. The van der Waals surface area contributed by atoms with Gasteiger partial charge in [0.1, 0.15) is 0 Å². The van der Waals surface area contributed by atoms with Crippen molar-refractivity contribution in [2.75, 3.05) is 7.05 Å². The molecule has 0 radical (unpaired) electrons. The standard InChI is InChI=1S/C16H18BrClN2/c1-10-6-13(7-11(2)16(10)17)15(19-3)8-12-4-5-20-9-14(12)18/h4-7,9,15,19H,8H2,1-3H3. The molecular formula is C16H18BrClN2. The Morgan fingerprint density at radius 3 is 2.50 bits per heavy atom. The lowest BCUT2D eigenvalue weighted by Crippen LogP contribution is -2.19. The molecule has 4 heteroatoms. The molecule has 0 aliphatic carbocycles. The number of nitrogens with one attached hydrogen (secondary N) is 1. The summed E-state index contributed by atoms with van der Waals surface area (Å²) in [5, 5.41) is 4.09. The highest BCUT2D eigenvalue weighted by Crippen LogP contribution is 2.28. The van der Waals surface area contributed by atoms with Crippen molar-refractivity contribution >= 4 is 27.5 Å². The summed E-state index contributed by atoms with van der Waals surface area (Å²) in [7, 11) is 1.98. The fourth-order valence-electron chi connectivity index (χ4n) is 2.36. The second-order valence-electron chi connectivity index (χ2n) is 4.98. The van der Waals surface area contributed by atoms with Crippen LogP contribution >= 0.6 is 27.5 Å². The average molecular weight is 354 g/mol. The summed E-state index contributed by atoms with van der Waals surface area (Å²) in [5.41, 5.74) is 4.89. The van der Waals surface area contributed by atoms with Gasteiger partial charge in [0.05, 0.1) is 5.02 Å². The van der Waals surface area contributed by atoms with Gasteiger partial charge in [0.15, 0.2) is 0 Å². The monoisotopic (exact) mass is 352 g/mol. The van der Waals surface area contributed by atoms with Gasteiger partial charge in [-0.25, -0.2) is 0 Å². The van der Waals surface area contributed by atoms with Crippen molar-refractivity contribution in [2.45, 2.75) is 26.3 Å². The first-order valence-corrected chi connectivity index (χ1v) is 7.72. The summed E-state index contributed by atoms with van der Waals surface area (Å²) in [6, 6.07) is 6.65. The minimum absolute atomic E-state index is 0.236. The summed E-state index contributed by atoms with van der Waals surface area (Å²) in [6.45, 7) is 4.24. The molecule has 0 fully saturated rings. The second-order valence-corrected chi connectivity index (χ2v) is 6.18. The van der Waals surface area contributed by atoms with Crippen LogP contribution in [0.15, 0.2) is 35.1 Å². The van der Waals surface area contributed by atoms with Crippen molar-refractivity contribution in [1.29, 1.82) is 0 Å². The van der Waals surface area contributed by atoms with Gasteiger partial charge < -0.3 is 5.32 Å². The molecule has 2 nitrogen and oxygen atoms in total. The lowest BCUT2D eigenvalue weighted by atomic mass is 9.96. The van der Waals surface area contributed by atoms with Crippen LogP contribution in [-0.4, -0.2) is 12.0 Å². The van der Waals surface area contributed by atoms with Crippen molar-refractivity contribution in [3.63, 3.8) is 0 Å². The third-order valence-electron chi connectivity index (χ3n) is 3.49. The molecule has 0 aliphatic heterocycles. The lowest BCUT2D eigenvalue weighted by Gasteiger charge is -2.19. The van der Waals surface area contributed by atoms with Gasteiger partial charge in [-0.2, -0.15) is 0 Å². The number of hydrogen-bond donors (Lipinski definition) is 1. The van der Waals surface area contributed by atoms with Crippen molar-refractivity contribution in [3.8, 4) is 0 Å². The summed E-state index contributed by atoms with van der Waals surface area (Å²) in [4.78, 5) is 4.03. The van der Waals surface area contributed by atoms with Gasteiger partial charge in [0, 0.05) is 22.9 Å². The Balaban J connectivity index is 2.31. The average Bonchev–Trinajstić information content (AvgIpc) is 2.43. The molecule has 1 aromatic carbocycles. The van der Waals surface area contributed by atoms with E-state index in [2.05, 4.69) is 52.2 Å². The molecule has 106 valence electrons. The number of aryl methyl sites for hydroxylation is 2. The fraction of sp³-hybridized carbons (Fsp3) is 0.312. The van der Waals surface area contributed by atoms with E-state index in [-0.39, 0.29) is 6.04 Å². The Labute approximate surface area is 133 Å². The predicted octanol–water partition coefficient (Wildman–Crippen LogP) is 4.62. The van der Waals surface area contributed by atoms with Crippen molar-refractivity contribution in [1.82, 2.24) is 10.3 Å².